The molecule has 0 saturated heterocycles. The fraction of sp³-hybridized carbons (Fsp3) is 0.758. The predicted octanol–water partition coefficient (Wildman–Crippen LogP) is 0.0302. The van der Waals surface area contributed by atoms with Gasteiger partial charge in [0.2, 0.25) is 0 Å². The minimum atomic E-state index is -3.19. The van der Waals surface area contributed by atoms with E-state index in [0.29, 0.717) is 18.8 Å². The number of carbonyl (C=O) groups excluding carboxylic acids is 2. The molecule has 0 fully saturated rings. The van der Waals surface area contributed by atoms with E-state index >= 15 is 0 Å². The van der Waals surface area contributed by atoms with Gasteiger partial charge in [-0.05, 0) is 18.9 Å². The van der Waals surface area contributed by atoms with Crippen molar-refractivity contribution in [2.75, 3.05) is 18.0 Å². The number of benzene rings is 1. The average Bonchev–Trinajstić information content (AvgIpc) is 2.93. The van der Waals surface area contributed by atoms with Gasteiger partial charge in [0, 0.05) is 24.3 Å². The van der Waals surface area contributed by atoms with Gasteiger partial charge in [-0.15, -0.1) is 0 Å². The summed E-state index contributed by atoms with van der Waals surface area (Å²) in [6.45, 7) is 5.83. The predicted molar refractivity (Wildman–Crippen MR) is 156 cm³/mol. The molecule has 0 heterocycles. The van der Waals surface area contributed by atoms with Crippen LogP contribution in [0.1, 0.15) is 148 Å². The van der Waals surface area contributed by atoms with Crippen molar-refractivity contribution in [2.45, 2.75) is 148 Å². The van der Waals surface area contributed by atoms with E-state index in [9.17, 15) is 24.9 Å². The van der Waals surface area contributed by atoms with Crippen molar-refractivity contribution in [3.8, 4) is 0 Å². The molecule has 0 bridgehead atoms. The SMILES string of the molecule is CCCCCCCCCCCCN(CCCCCCCCCCCC)c1ccccc1C(O)(C(=O)[O-])C(=O)[O-].[K+].[K+]. The number of hydrogen-bond donors (Lipinski definition) is 1. The van der Waals surface area contributed by atoms with Crippen LogP contribution in [-0.4, -0.2) is 30.1 Å². The molecule has 0 aromatic heterocycles. The summed E-state index contributed by atoms with van der Waals surface area (Å²) >= 11 is 0. The molecule has 0 amide bonds. The molecular formula is C33H55K2NO5. The summed E-state index contributed by atoms with van der Waals surface area (Å²) in [5, 5.41) is 34.1. The number of anilines is 1. The number of para-hydroxylation sites is 1. The molecule has 0 aliphatic heterocycles. The summed E-state index contributed by atoms with van der Waals surface area (Å²) in [4.78, 5) is 25.5. The average molecular weight is 624 g/mol. The minimum Gasteiger partial charge on any atom is -0.546 e. The fourth-order valence-electron chi connectivity index (χ4n) is 5.29. The molecular weight excluding hydrogens is 569 g/mol. The van der Waals surface area contributed by atoms with E-state index in [1.165, 1.54) is 102 Å². The number of carboxylic acid groups (broad SMARTS) is 2. The van der Waals surface area contributed by atoms with Crippen molar-refractivity contribution in [1.82, 2.24) is 0 Å². The number of hydrogen-bond acceptors (Lipinski definition) is 6. The van der Waals surface area contributed by atoms with E-state index in [1.807, 2.05) is 4.90 Å². The second-order valence-corrected chi connectivity index (χ2v) is 11.2. The number of carbonyl (C=O) groups is 2. The molecule has 0 saturated carbocycles. The van der Waals surface area contributed by atoms with E-state index in [1.54, 1.807) is 12.1 Å². The molecule has 0 spiro atoms. The van der Waals surface area contributed by atoms with Crippen LogP contribution in [0.3, 0.4) is 0 Å². The van der Waals surface area contributed by atoms with E-state index in [0.717, 1.165) is 38.5 Å². The molecule has 1 rings (SSSR count). The number of aliphatic carboxylic acids is 2. The number of aliphatic hydroxyl groups is 1. The van der Waals surface area contributed by atoms with Crippen LogP contribution in [0, 0.1) is 0 Å². The summed E-state index contributed by atoms with van der Waals surface area (Å²) in [7, 11) is 0. The van der Waals surface area contributed by atoms with Gasteiger partial charge in [0.05, 0.1) is 11.9 Å². The van der Waals surface area contributed by atoms with Crippen LogP contribution in [0.15, 0.2) is 24.3 Å². The Morgan fingerprint density at radius 2 is 0.927 bits per heavy atom. The van der Waals surface area contributed by atoms with Gasteiger partial charge in [-0.1, -0.05) is 148 Å². The van der Waals surface area contributed by atoms with Crippen molar-refractivity contribution in [3.05, 3.63) is 29.8 Å². The topological polar surface area (TPSA) is 104 Å². The van der Waals surface area contributed by atoms with E-state index in [2.05, 4.69) is 13.8 Å². The van der Waals surface area contributed by atoms with Gasteiger partial charge in [-0.25, -0.2) is 0 Å². The zero-order chi connectivity index (χ0) is 28.8. The number of rotatable bonds is 26. The molecule has 41 heavy (non-hydrogen) atoms. The largest absolute Gasteiger partial charge is 1.00 e. The normalized spacial score (nSPS) is 11.0. The quantitative estimate of drug-likeness (QED) is 0.0888. The maximum atomic E-state index is 11.7. The Labute approximate surface area is 336 Å². The van der Waals surface area contributed by atoms with Crippen molar-refractivity contribution in [3.63, 3.8) is 0 Å². The van der Waals surface area contributed by atoms with E-state index in [4.69, 9.17) is 0 Å². The Morgan fingerprint density at radius 1 is 0.610 bits per heavy atom. The van der Waals surface area contributed by atoms with Crippen molar-refractivity contribution in [1.29, 1.82) is 0 Å². The van der Waals surface area contributed by atoms with E-state index < -0.39 is 17.5 Å². The number of nitrogens with zero attached hydrogens (tertiary/aromatic N) is 1. The maximum absolute atomic E-state index is 11.7. The monoisotopic (exact) mass is 623 g/mol. The fourth-order valence-corrected chi connectivity index (χ4v) is 5.29. The van der Waals surface area contributed by atoms with Gasteiger partial charge >= 0.3 is 103 Å². The maximum Gasteiger partial charge on any atom is 1.00 e. The number of carboxylic acids is 2. The summed E-state index contributed by atoms with van der Waals surface area (Å²) in [5.41, 5.74) is -2.95. The van der Waals surface area contributed by atoms with Crippen molar-refractivity contribution in [2.24, 2.45) is 0 Å². The molecule has 0 aliphatic rings. The first-order chi connectivity index (χ1) is 18.9. The van der Waals surface area contributed by atoms with Crippen LogP contribution in [0.4, 0.5) is 5.69 Å². The summed E-state index contributed by atoms with van der Waals surface area (Å²) < 4.78 is 0. The standard InChI is InChI=1S/C33H57NO5.2K/c1-3-5-7-9-11-13-15-17-19-23-27-34(28-24-20-18-16-14-12-10-8-6-4-2)30-26-22-21-25-29(30)33(39,31(35)36)32(37)38;;/h21-22,25-26,39H,3-20,23-24,27-28H2,1-2H3,(H,35,36)(H,37,38);;/q;2*+1/p-2. The molecule has 8 heteroatoms. The molecule has 0 aliphatic carbocycles. The first-order valence-corrected chi connectivity index (χ1v) is 15.9. The van der Waals surface area contributed by atoms with Crippen molar-refractivity contribution >= 4 is 17.6 Å². The van der Waals surface area contributed by atoms with Gasteiger partial charge in [0.25, 0.3) is 0 Å². The molecule has 6 nitrogen and oxygen atoms in total. The Balaban J connectivity index is 0. The van der Waals surface area contributed by atoms with Crippen LogP contribution in [0.2, 0.25) is 0 Å². The minimum absolute atomic E-state index is 0. The first kappa shape index (κ1) is 44.3. The van der Waals surface area contributed by atoms with Crippen LogP contribution >= 0.6 is 0 Å². The second kappa shape index (κ2) is 28.7. The van der Waals surface area contributed by atoms with Gasteiger partial charge in [0.1, 0.15) is 0 Å². The van der Waals surface area contributed by atoms with Crippen LogP contribution < -0.4 is 118 Å². The van der Waals surface area contributed by atoms with Crippen molar-refractivity contribution < 1.29 is 128 Å². The van der Waals surface area contributed by atoms with Crippen LogP contribution in [0.5, 0.6) is 0 Å². The molecule has 0 radical (unpaired) electrons. The first-order valence-electron chi connectivity index (χ1n) is 15.9. The molecule has 1 aromatic rings. The van der Waals surface area contributed by atoms with Gasteiger partial charge < -0.3 is 29.8 Å². The Bertz CT molecular complexity index is 755. The molecule has 224 valence electrons. The summed E-state index contributed by atoms with van der Waals surface area (Å²) in [5.74, 6) is -4.15. The van der Waals surface area contributed by atoms with Crippen LogP contribution in [0.25, 0.3) is 0 Å². The summed E-state index contributed by atoms with van der Waals surface area (Å²) in [6.07, 6.45) is 24.3. The molecule has 1 N–H and O–H groups in total. The smallest absolute Gasteiger partial charge is 0.546 e. The number of unbranched alkanes of at least 4 members (excludes halogenated alkanes) is 18. The Kier molecular flexibility index (Phi) is 31.0. The zero-order valence-corrected chi connectivity index (χ0v) is 33.1. The molecule has 0 unspecified atom stereocenters. The van der Waals surface area contributed by atoms with Crippen LogP contribution in [-0.2, 0) is 15.2 Å². The van der Waals surface area contributed by atoms with Gasteiger partial charge in [0.15, 0.2) is 5.60 Å². The summed E-state index contributed by atoms with van der Waals surface area (Å²) in [6, 6.07) is 6.33. The zero-order valence-electron chi connectivity index (χ0n) is 26.9. The van der Waals surface area contributed by atoms with Gasteiger partial charge in [-0.2, -0.15) is 0 Å². The van der Waals surface area contributed by atoms with E-state index in [-0.39, 0.29) is 108 Å². The third-order valence-corrected chi connectivity index (χ3v) is 7.79. The molecule has 1 aromatic carbocycles. The second-order valence-electron chi connectivity index (χ2n) is 11.2. The Morgan fingerprint density at radius 3 is 1.27 bits per heavy atom. The molecule has 0 atom stereocenters. The third kappa shape index (κ3) is 18.7. The van der Waals surface area contributed by atoms with Gasteiger partial charge in [-0.3, -0.25) is 0 Å². The third-order valence-electron chi connectivity index (χ3n) is 7.79. The Hall–Kier alpha value is 1.19.